The van der Waals surface area contributed by atoms with Crippen molar-refractivity contribution in [2.24, 2.45) is 0 Å². The van der Waals surface area contributed by atoms with Gasteiger partial charge in [0, 0.05) is 22.1 Å². The van der Waals surface area contributed by atoms with Gasteiger partial charge >= 0.3 is 0 Å². The molecule has 0 saturated heterocycles. The Morgan fingerprint density at radius 2 is 0.586 bits per heavy atom. The van der Waals surface area contributed by atoms with Crippen LogP contribution in [0.2, 0.25) is 0 Å². The van der Waals surface area contributed by atoms with Gasteiger partial charge in [-0.25, -0.2) is 9.97 Å². The number of pyridine rings is 2. The average molecular weight is 739 g/mol. The lowest BCUT2D eigenvalue weighted by Gasteiger charge is -2.15. The van der Waals surface area contributed by atoms with Crippen LogP contribution in [0, 0.1) is 0 Å². The summed E-state index contributed by atoms with van der Waals surface area (Å²) in [5.41, 5.74) is 18.5. The van der Waals surface area contributed by atoms with Crippen LogP contribution in [0.3, 0.4) is 0 Å². The van der Waals surface area contributed by atoms with Gasteiger partial charge in [-0.15, -0.1) is 0 Å². The third-order valence-electron chi connectivity index (χ3n) is 10.8. The molecule has 10 rings (SSSR count). The van der Waals surface area contributed by atoms with Gasteiger partial charge in [0.25, 0.3) is 0 Å². The van der Waals surface area contributed by atoms with E-state index in [4.69, 9.17) is 9.97 Å². The van der Waals surface area contributed by atoms with Crippen molar-refractivity contribution in [3.8, 4) is 89.4 Å². The molecule has 0 amide bonds. The molecule has 0 radical (unpaired) electrons. The molecule has 0 fully saturated rings. The molecule has 0 bridgehead atoms. The van der Waals surface area contributed by atoms with E-state index < -0.39 is 0 Å². The zero-order chi connectivity index (χ0) is 38.7. The average Bonchev–Trinajstić information content (AvgIpc) is 3.32. The van der Waals surface area contributed by atoms with Crippen molar-refractivity contribution in [2.45, 2.75) is 0 Å². The molecule has 0 unspecified atom stereocenters. The third-order valence-corrected chi connectivity index (χ3v) is 10.8. The van der Waals surface area contributed by atoms with Crippen LogP contribution in [0.1, 0.15) is 0 Å². The number of rotatable bonds is 8. The fourth-order valence-electron chi connectivity index (χ4n) is 7.87. The van der Waals surface area contributed by atoms with Crippen LogP contribution in [-0.4, -0.2) is 9.97 Å². The minimum absolute atomic E-state index is 0.926. The molecule has 2 heteroatoms. The lowest BCUT2D eigenvalue weighted by molar-refractivity contribution is 1.32. The Labute approximate surface area is 339 Å². The first-order chi connectivity index (χ1) is 28.7. The Hall–Kier alpha value is -7.68. The van der Waals surface area contributed by atoms with Crippen LogP contribution in [0.25, 0.3) is 100 Å². The summed E-state index contributed by atoms with van der Waals surface area (Å²) in [6.07, 6.45) is 0. The number of benzene rings is 8. The van der Waals surface area contributed by atoms with Crippen LogP contribution in [0.15, 0.2) is 231 Å². The number of fused-ring (bicyclic) bond motifs is 1. The first-order valence-corrected chi connectivity index (χ1v) is 19.7. The molecule has 0 atom stereocenters. The Morgan fingerprint density at radius 3 is 1.16 bits per heavy atom. The fourth-order valence-corrected chi connectivity index (χ4v) is 7.87. The van der Waals surface area contributed by atoms with Gasteiger partial charge in [-0.1, -0.05) is 182 Å². The van der Waals surface area contributed by atoms with Crippen molar-refractivity contribution >= 4 is 10.9 Å². The highest BCUT2D eigenvalue weighted by Gasteiger charge is 2.15. The van der Waals surface area contributed by atoms with Gasteiger partial charge in [0.15, 0.2) is 0 Å². The van der Waals surface area contributed by atoms with E-state index >= 15 is 0 Å². The molecule has 58 heavy (non-hydrogen) atoms. The topological polar surface area (TPSA) is 25.8 Å². The van der Waals surface area contributed by atoms with Crippen LogP contribution in [0.5, 0.6) is 0 Å². The molecule has 0 aliphatic rings. The summed E-state index contributed by atoms with van der Waals surface area (Å²) in [6.45, 7) is 0. The Bertz CT molecular complexity index is 2970. The summed E-state index contributed by atoms with van der Waals surface area (Å²) in [5.74, 6) is 0. The van der Waals surface area contributed by atoms with Gasteiger partial charge in [0.05, 0.1) is 22.6 Å². The van der Waals surface area contributed by atoms with E-state index in [0.717, 1.165) is 83.6 Å². The number of hydrogen-bond acceptors (Lipinski definition) is 2. The quantitative estimate of drug-likeness (QED) is 0.155. The second kappa shape index (κ2) is 15.5. The second-order valence-corrected chi connectivity index (χ2v) is 14.6. The van der Waals surface area contributed by atoms with Crippen molar-refractivity contribution in [1.29, 1.82) is 0 Å². The maximum Gasteiger partial charge on any atom is 0.0716 e. The predicted octanol–water partition coefficient (Wildman–Crippen LogP) is 15.0. The first kappa shape index (κ1) is 34.8. The molecule has 0 saturated carbocycles. The molecule has 0 spiro atoms. The Morgan fingerprint density at radius 1 is 0.207 bits per heavy atom. The standard InChI is InChI=1S/C56H38N2/c1-5-16-39(17-6-1)43-24-13-26-45(32-43)46-30-31-53-52(35-46)51(38-56(57-53)48-28-14-25-44(33-48)40-18-7-2-8-19-40)47-27-15-29-49(34-47)55-37-50(41-20-9-3-10-21-41)36-54(58-55)42-22-11-4-12-23-42/h1-38H. The van der Waals surface area contributed by atoms with Crippen LogP contribution in [-0.2, 0) is 0 Å². The Balaban J connectivity index is 1.14. The van der Waals surface area contributed by atoms with Gasteiger partial charge in [-0.2, -0.15) is 0 Å². The van der Waals surface area contributed by atoms with Gasteiger partial charge in [0.1, 0.15) is 0 Å². The molecular weight excluding hydrogens is 701 g/mol. The minimum Gasteiger partial charge on any atom is -0.248 e. The highest BCUT2D eigenvalue weighted by atomic mass is 14.7. The van der Waals surface area contributed by atoms with Crippen LogP contribution < -0.4 is 0 Å². The van der Waals surface area contributed by atoms with E-state index in [9.17, 15) is 0 Å². The summed E-state index contributed by atoms with van der Waals surface area (Å²) in [6, 6.07) is 81.8. The lowest BCUT2D eigenvalue weighted by Crippen LogP contribution is -1.93. The highest BCUT2D eigenvalue weighted by Crippen LogP contribution is 2.38. The predicted molar refractivity (Wildman–Crippen MR) is 243 cm³/mol. The van der Waals surface area contributed by atoms with Gasteiger partial charge in [0.2, 0.25) is 0 Å². The van der Waals surface area contributed by atoms with Crippen LogP contribution >= 0.6 is 0 Å². The largest absolute Gasteiger partial charge is 0.248 e. The molecular formula is C56H38N2. The van der Waals surface area contributed by atoms with Crippen molar-refractivity contribution in [3.05, 3.63) is 231 Å². The molecule has 2 aromatic heterocycles. The summed E-state index contributed by atoms with van der Waals surface area (Å²) in [5, 5.41) is 1.10. The maximum atomic E-state index is 5.32. The molecule has 8 aromatic carbocycles. The number of aromatic nitrogens is 2. The minimum atomic E-state index is 0.926. The smallest absolute Gasteiger partial charge is 0.0716 e. The maximum absolute atomic E-state index is 5.32. The molecule has 0 aliphatic carbocycles. The molecule has 10 aromatic rings. The van der Waals surface area contributed by atoms with E-state index in [-0.39, 0.29) is 0 Å². The van der Waals surface area contributed by atoms with Gasteiger partial charge < -0.3 is 0 Å². The number of nitrogens with zero attached hydrogens (tertiary/aromatic N) is 2. The first-order valence-electron chi connectivity index (χ1n) is 19.7. The Kier molecular flexibility index (Phi) is 9.27. The van der Waals surface area contributed by atoms with E-state index in [1.165, 1.54) is 16.7 Å². The van der Waals surface area contributed by atoms with E-state index in [2.05, 4.69) is 224 Å². The van der Waals surface area contributed by atoms with Crippen molar-refractivity contribution in [1.82, 2.24) is 9.97 Å². The normalized spacial score (nSPS) is 11.1. The molecule has 2 nitrogen and oxygen atoms in total. The molecule has 272 valence electrons. The zero-order valence-electron chi connectivity index (χ0n) is 31.8. The summed E-state index contributed by atoms with van der Waals surface area (Å²) in [7, 11) is 0. The van der Waals surface area contributed by atoms with Gasteiger partial charge in [-0.05, 0) is 104 Å². The highest BCUT2D eigenvalue weighted by molar-refractivity contribution is 6.00. The summed E-state index contributed by atoms with van der Waals surface area (Å²) in [4.78, 5) is 10.6. The van der Waals surface area contributed by atoms with Crippen molar-refractivity contribution in [3.63, 3.8) is 0 Å². The second-order valence-electron chi connectivity index (χ2n) is 14.6. The number of hydrogen-bond donors (Lipinski definition) is 0. The van der Waals surface area contributed by atoms with E-state index in [0.29, 0.717) is 0 Å². The lowest BCUT2D eigenvalue weighted by atomic mass is 9.92. The third kappa shape index (κ3) is 7.11. The SMILES string of the molecule is c1ccc(-c2cccc(-c3ccc4nc(-c5cccc(-c6ccccc6)c5)cc(-c5cccc(-c6cc(-c7ccccc7)cc(-c7ccccc7)n6)c5)c4c3)c2)cc1. The van der Waals surface area contributed by atoms with Crippen molar-refractivity contribution in [2.75, 3.05) is 0 Å². The fraction of sp³-hybridized carbons (Fsp3) is 0. The summed E-state index contributed by atoms with van der Waals surface area (Å²) < 4.78 is 0. The molecule has 0 aliphatic heterocycles. The van der Waals surface area contributed by atoms with E-state index in [1.54, 1.807) is 0 Å². The summed E-state index contributed by atoms with van der Waals surface area (Å²) >= 11 is 0. The van der Waals surface area contributed by atoms with Crippen molar-refractivity contribution < 1.29 is 0 Å². The van der Waals surface area contributed by atoms with Crippen LogP contribution in [0.4, 0.5) is 0 Å². The van der Waals surface area contributed by atoms with Gasteiger partial charge in [-0.3, -0.25) is 0 Å². The molecule has 0 N–H and O–H groups in total. The monoisotopic (exact) mass is 738 g/mol. The van der Waals surface area contributed by atoms with E-state index in [1.807, 2.05) is 6.07 Å². The molecule has 2 heterocycles. The zero-order valence-corrected chi connectivity index (χ0v) is 31.8.